The number of aliphatic hydroxyl groups excluding tert-OH is 1. The Labute approximate surface area is 102 Å². The molecule has 0 aliphatic heterocycles. The number of hydrogen-bond acceptors (Lipinski definition) is 1. The molecule has 4 rings (SSSR count). The molecule has 3 aliphatic carbocycles. The fourth-order valence-electron chi connectivity index (χ4n) is 4.93. The highest BCUT2D eigenvalue weighted by Crippen LogP contribution is 2.72. The summed E-state index contributed by atoms with van der Waals surface area (Å²) in [7, 11) is 0. The zero-order chi connectivity index (χ0) is 11.7. The summed E-state index contributed by atoms with van der Waals surface area (Å²) in [5, 5.41) is 10.6. The van der Waals surface area contributed by atoms with Gasteiger partial charge in [-0.25, -0.2) is 0 Å². The maximum Gasteiger partial charge on any atom is 0.0974 e. The third-order valence-electron chi connectivity index (χ3n) is 5.89. The molecule has 2 N–H and O–H groups in total. The summed E-state index contributed by atoms with van der Waals surface area (Å²) in [6.45, 7) is 4.23. The van der Waals surface area contributed by atoms with Crippen LogP contribution >= 0.6 is 0 Å². The molecule has 1 aromatic heterocycles. The minimum atomic E-state index is -0.234. The summed E-state index contributed by atoms with van der Waals surface area (Å²) >= 11 is 0. The van der Waals surface area contributed by atoms with Crippen molar-refractivity contribution in [3.63, 3.8) is 0 Å². The highest BCUT2D eigenvalue weighted by Gasteiger charge is 2.67. The standard InChI is InChI=1S/C15H21NO/c1-7-6-16-14(8(7)2)15(17)13-11-9-3-4-10(5-9)12(11)13/h6,9-13,15-17H,3-5H2,1-2H3. The highest BCUT2D eigenvalue weighted by atomic mass is 16.3. The molecule has 0 aromatic carbocycles. The number of aromatic nitrogens is 1. The number of H-pyrrole nitrogens is 1. The van der Waals surface area contributed by atoms with Crippen LogP contribution in [0.5, 0.6) is 0 Å². The molecular formula is C15H21NO. The lowest BCUT2D eigenvalue weighted by molar-refractivity contribution is 0.125. The van der Waals surface area contributed by atoms with Crippen LogP contribution in [-0.2, 0) is 0 Å². The van der Waals surface area contributed by atoms with E-state index < -0.39 is 0 Å². The smallest absolute Gasteiger partial charge is 0.0974 e. The van der Waals surface area contributed by atoms with E-state index in [1.165, 1.54) is 30.4 Å². The predicted molar refractivity (Wildman–Crippen MR) is 66.5 cm³/mol. The molecule has 92 valence electrons. The van der Waals surface area contributed by atoms with E-state index in [1.807, 2.05) is 6.20 Å². The van der Waals surface area contributed by atoms with Gasteiger partial charge in [-0.3, -0.25) is 0 Å². The monoisotopic (exact) mass is 231 g/mol. The van der Waals surface area contributed by atoms with Crippen molar-refractivity contribution in [2.24, 2.45) is 29.6 Å². The molecule has 0 amide bonds. The van der Waals surface area contributed by atoms with Gasteiger partial charge < -0.3 is 10.1 Å². The minimum absolute atomic E-state index is 0.234. The number of aliphatic hydroxyl groups is 1. The van der Waals surface area contributed by atoms with Crippen LogP contribution in [0, 0.1) is 43.4 Å². The Kier molecular flexibility index (Phi) is 1.90. The lowest BCUT2D eigenvalue weighted by atomic mass is 9.96. The number of rotatable bonds is 2. The van der Waals surface area contributed by atoms with Gasteiger partial charge in [0, 0.05) is 11.9 Å². The molecule has 2 nitrogen and oxygen atoms in total. The van der Waals surface area contributed by atoms with Crippen molar-refractivity contribution in [3.8, 4) is 0 Å². The van der Waals surface area contributed by atoms with Crippen LogP contribution in [0.3, 0.4) is 0 Å². The Bertz CT molecular complexity index is 447. The summed E-state index contributed by atoms with van der Waals surface area (Å²) < 4.78 is 0. The number of aromatic amines is 1. The zero-order valence-corrected chi connectivity index (χ0v) is 10.6. The third kappa shape index (κ3) is 1.20. The van der Waals surface area contributed by atoms with Gasteiger partial charge in [0.2, 0.25) is 0 Å². The van der Waals surface area contributed by atoms with E-state index >= 15 is 0 Å². The molecule has 2 bridgehead atoms. The van der Waals surface area contributed by atoms with Crippen molar-refractivity contribution in [3.05, 3.63) is 23.0 Å². The largest absolute Gasteiger partial charge is 0.387 e. The van der Waals surface area contributed by atoms with Gasteiger partial charge in [-0.1, -0.05) is 0 Å². The molecule has 17 heavy (non-hydrogen) atoms. The Balaban J connectivity index is 1.60. The van der Waals surface area contributed by atoms with Crippen LogP contribution in [0.1, 0.15) is 42.2 Å². The zero-order valence-electron chi connectivity index (χ0n) is 10.6. The van der Waals surface area contributed by atoms with E-state index in [0.717, 1.165) is 29.4 Å². The Morgan fingerprint density at radius 2 is 1.88 bits per heavy atom. The second-order valence-corrected chi connectivity index (χ2v) is 6.52. The molecule has 3 aliphatic rings. The second-order valence-electron chi connectivity index (χ2n) is 6.52. The molecule has 0 radical (unpaired) electrons. The average molecular weight is 231 g/mol. The summed E-state index contributed by atoms with van der Waals surface area (Å²) in [5.74, 6) is 4.17. The molecule has 2 heteroatoms. The number of hydrogen-bond donors (Lipinski definition) is 2. The fourth-order valence-corrected chi connectivity index (χ4v) is 4.93. The topological polar surface area (TPSA) is 36.0 Å². The first kappa shape index (κ1) is 10.2. The second kappa shape index (κ2) is 3.17. The van der Waals surface area contributed by atoms with Crippen LogP contribution in [0.15, 0.2) is 6.20 Å². The first-order valence-electron chi connectivity index (χ1n) is 7.01. The van der Waals surface area contributed by atoms with Gasteiger partial charge in [0.1, 0.15) is 0 Å². The lowest BCUT2D eigenvalue weighted by Gasteiger charge is -2.15. The molecule has 5 unspecified atom stereocenters. The Hall–Kier alpha value is -0.760. The predicted octanol–water partition coefficient (Wildman–Crippen LogP) is 2.96. The number of fused-ring (bicyclic) bond motifs is 5. The maximum atomic E-state index is 10.6. The molecule has 0 saturated heterocycles. The van der Waals surface area contributed by atoms with Crippen LogP contribution in [-0.4, -0.2) is 10.1 Å². The van der Waals surface area contributed by atoms with Crippen molar-refractivity contribution < 1.29 is 5.11 Å². The fraction of sp³-hybridized carbons (Fsp3) is 0.733. The van der Waals surface area contributed by atoms with E-state index in [4.69, 9.17) is 0 Å². The van der Waals surface area contributed by atoms with Crippen molar-refractivity contribution in [2.45, 2.75) is 39.2 Å². The summed E-state index contributed by atoms with van der Waals surface area (Å²) in [6.07, 6.45) is 6.11. The lowest BCUT2D eigenvalue weighted by Crippen LogP contribution is -2.09. The van der Waals surface area contributed by atoms with E-state index in [9.17, 15) is 5.11 Å². The molecule has 1 aromatic rings. The molecule has 1 heterocycles. The maximum absolute atomic E-state index is 10.6. The molecule has 0 spiro atoms. The number of nitrogens with one attached hydrogen (secondary N) is 1. The summed E-state index contributed by atoms with van der Waals surface area (Å²) in [5.41, 5.74) is 3.61. The van der Waals surface area contributed by atoms with Gasteiger partial charge in [0.15, 0.2) is 0 Å². The van der Waals surface area contributed by atoms with E-state index in [1.54, 1.807) is 0 Å². The van der Waals surface area contributed by atoms with Crippen molar-refractivity contribution >= 4 is 0 Å². The molecular weight excluding hydrogens is 210 g/mol. The van der Waals surface area contributed by atoms with Gasteiger partial charge in [0.25, 0.3) is 0 Å². The van der Waals surface area contributed by atoms with Crippen molar-refractivity contribution in [2.75, 3.05) is 0 Å². The van der Waals surface area contributed by atoms with Crippen LogP contribution in [0.4, 0.5) is 0 Å². The van der Waals surface area contributed by atoms with Gasteiger partial charge in [0.05, 0.1) is 6.10 Å². The molecule has 5 atom stereocenters. The van der Waals surface area contributed by atoms with Crippen LogP contribution in [0.25, 0.3) is 0 Å². The van der Waals surface area contributed by atoms with E-state index in [-0.39, 0.29) is 6.10 Å². The average Bonchev–Trinajstić information content (AvgIpc) is 2.61. The van der Waals surface area contributed by atoms with Crippen LogP contribution < -0.4 is 0 Å². The van der Waals surface area contributed by atoms with Crippen LogP contribution in [0.2, 0.25) is 0 Å². The van der Waals surface area contributed by atoms with Gasteiger partial charge in [-0.15, -0.1) is 0 Å². The van der Waals surface area contributed by atoms with Gasteiger partial charge >= 0.3 is 0 Å². The van der Waals surface area contributed by atoms with Gasteiger partial charge in [-0.2, -0.15) is 0 Å². The van der Waals surface area contributed by atoms with Gasteiger partial charge in [-0.05, 0) is 73.8 Å². The Morgan fingerprint density at radius 3 is 2.41 bits per heavy atom. The third-order valence-corrected chi connectivity index (χ3v) is 5.89. The first-order chi connectivity index (χ1) is 8.18. The normalized spacial score (nSPS) is 43.8. The summed E-state index contributed by atoms with van der Waals surface area (Å²) in [4.78, 5) is 3.28. The molecule has 3 fully saturated rings. The number of aryl methyl sites for hydroxylation is 1. The molecule has 3 saturated carbocycles. The quantitative estimate of drug-likeness (QED) is 0.806. The van der Waals surface area contributed by atoms with E-state index in [2.05, 4.69) is 18.8 Å². The Morgan fingerprint density at radius 1 is 1.24 bits per heavy atom. The summed E-state index contributed by atoms with van der Waals surface area (Å²) in [6, 6.07) is 0. The highest BCUT2D eigenvalue weighted by molar-refractivity contribution is 5.32. The first-order valence-corrected chi connectivity index (χ1v) is 7.01. The van der Waals surface area contributed by atoms with Crippen molar-refractivity contribution in [1.29, 1.82) is 0 Å². The van der Waals surface area contributed by atoms with E-state index in [0.29, 0.717) is 5.92 Å². The van der Waals surface area contributed by atoms with Crippen molar-refractivity contribution in [1.82, 2.24) is 4.98 Å². The minimum Gasteiger partial charge on any atom is -0.387 e. The SMILES string of the molecule is Cc1c[nH]c(C(O)C2C3C4CCC(C4)C32)c1C.